The fourth-order valence-corrected chi connectivity index (χ4v) is 2.40. The fourth-order valence-electron chi connectivity index (χ4n) is 2.40. The Morgan fingerprint density at radius 1 is 1.33 bits per heavy atom. The number of hydrogen-bond acceptors (Lipinski definition) is 2. The zero-order chi connectivity index (χ0) is 10.5. The predicted molar refractivity (Wildman–Crippen MR) is 60.6 cm³/mol. The molecule has 15 heavy (non-hydrogen) atoms. The lowest BCUT2D eigenvalue weighted by atomic mass is 10.1. The minimum absolute atomic E-state index is 0.0755. The first-order valence-corrected chi connectivity index (χ1v) is 6.34. The molecular weight excluding hydrogens is 188 g/mol. The second kappa shape index (κ2) is 5.66. The standard InChI is InChI=1S/C13H22O2/c1-2-3-4-5-9-14-13-10-11-7-6-8-12(11)15-13/h6-7,11-13H,2-5,8-10H2,1H3/t11-,12-,13+/m0/s1. The van der Waals surface area contributed by atoms with Crippen molar-refractivity contribution in [1.82, 2.24) is 0 Å². The van der Waals surface area contributed by atoms with Gasteiger partial charge in [0.15, 0.2) is 6.29 Å². The van der Waals surface area contributed by atoms with Crippen molar-refractivity contribution in [3.8, 4) is 0 Å². The van der Waals surface area contributed by atoms with Gasteiger partial charge in [0.2, 0.25) is 0 Å². The average molecular weight is 210 g/mol. The van der Waals surface area contributed by atoms with Crippen molar-refractivity contribution < 1.29 is 9.47 Å². The topological polar surface area (TPSA) is 18.5 Å². The fraction of sp³-hybridized carbons (Fsp3) is 0.846. The van der Waals surface area contributed by atoms with E-state index < -0.39 is 0 Å². The molecule has 0 aromatic rings. The number of ether oxygens (including phenoxy) is 2. The van der Waals surface area contributed by atoms with Crippen LogP contribution in [0.15, 0.2) is 12.2 Å². The van der Waals surface area contributed by atoms with Crippen LogP contribution in [-0.4, -0.2) is 19.0 Å². The molecule has 0 aromatic carbocycles. The maximum Gasteiger partial charge on any atom is 0.158 e. The Morgan fingerprint density at radius 2 is 2.27 bits per heavy atom. The first-order chi connectivity index (χ1) is 7.40. The molecule has 86 valence electrons. The summed E-state index contributed by atoms with van der Waals surface area (Å²) in [5.41, 5.74) is 0. The lowest BCUT2D eigenvalue weighted by Crippen LogP contribution is -2.14. The van der Waals surface area contributed by atoms with E-state index in [1.807, 2.05) is 0 Å². The van der Waals surface area contributed by atoms with E-state index in [1.165, 1.54) is 25.7 Å². The van der Waals surface area contributed by atoms with E-state index in [-0.39, 0.29) is 6.29 Å². The minimum Gasteiger partial charge on any atom is -0.353 e. The normalized spacial score (nSPS) is 33.5. The van der Waals surface area contributed by atoms with Gasteiger partial charge in [0, 0.05) is 18.9 Å². The highest BCUT2D eigenvalue weighted by Gasteiger charge is 2.35. The van der Waals surface area contributed by atoms with Crippen LogP contribution in [0.3, 0.4) is 0 Å². The monoisotopic (exact) mass is 210 g/mol. The number of fused-ring (bicyclic) bond motifs is 1. The lowest BCUT2D eigenvalue weighted by molar-refractivity contribution is -0.133. The molecule has 2 nitrogen and oxygen atoms in total. The van der Waals surface area contributed by atoms with Gasteiger partial charge in [-0.25, -0.2) is 0 Å². The van der Waals surface area contributed by atoms with Crippen molar-refractivity contribution in [2.45, 2.75) is 57.8 Å². The molecule has 1 fully saturated rings. The Labute approximate surface area is 92.6 Å². The van der Waals surface area contributed by atoms with Crippen LogP contribution in [0.25, 0.3) is 0 Å². The molecule has 1 heterocycles. The quantitative estimate of drug-likeness (QED) is 0.495. The van der Waals surface area contributed by atoms with Crippen molar-refractivity contribution in [3.05, 3.63) is 12.2 Å². The molecule has 3 atom stereocenters. The number of rotatable bonds is 6. The third kappa shape index (κ3) is 3.05. The second-order valence-electron chi connectivity index (χ2n) is 4.60. The van der Waals surface area contributed by atoms with Crippen LogP contribution in [0.5, 0.6) is 0 Å². The molecule has 2 rings (SSSR count). The number of hydrogen-bond donors (Lipinski definition) is 0. The third-order valence-corrected chi connectivity index (χ3v) is 3.32. The van der Waals surface area contributed by atoms with Gasteiger partial charge >= 0.3 is 0 Å². The highest BCUT2D eigenvalue weighted by molar-refractivity contribution is 5.05. The van der Waals surface area contributed by atoms with Gasteiger partial charge < -0.3 is 9.47 Å². The highest BCUT2D eigenvalue weighted by atomic mass is 16.7. The summed E-state index contributed by atoms with van der Waals surface area (Å²) >= 11 is 0. The van der Waals surface area contributed by atoms with Gasteiger partial charge in [-0.1, -0.05) is 38.3 Å². The van der Waals surface area contributed by atoms with E-state index in [9.17, 15) is 0 Å². The van der Waals surface area contributed by atoms with Gasteiger partial charge in [0.25, 0.3) is 0 Å². The van der Waals surface area contributed by atoms with Crippen LogP contribution < -0.4 is 0 Å². The van der Waals surface area contributed by atoms with Crippen LogP contribution in [0.2, 0.25) is 0 Å². The van der Waals surface area contributed by atoms with Gasteiger partial charge in [0.05, 0.1) is 6.10 Å². The maximum atomic E-state index is 5.81. The smallest absolute Gasteiger partial charge is 0.158 e. The molecule has 0 spiro atoms. The van der Waals surface area contributed by atoms with Gasteiger partial charge in [-0.3, -0.25) is 0 Å². The average Bonchev–Trinajstić information content (AvgIpc) is 2.77. The van der Waals surface area contributed by atoms with Crippen LogP contribution in [0.4, 0.5) is 0 Å². The van der Waals surface area contributed by atoms with Gasteiger partial charge in [0.1, 0.15) is 0 Å². The summed E-state index contributed by atoms with van der Waals surface area (Å²) in [5.74, 6) is 0.630. The Bertz CT molecular complexity index is 213. The Balaban J connectivity index is 1.55. The van der Waals surface area contributed by atoms with Crippen molar-refractivity contribution in [1.29, 1.82) is 0 Å². The van der Waals surface area contributed by atoms with E-state index in [2.05, 4.69) is 19.1 Å². The minimum atomic E-state index is 0.0755. The van der Waals surface area contributed by atoms with E-state index in [1.54, 1.807) is 0 Å². The summed E-state index contributed by atoms with van der Waals surface area (Å²) in [7, 11) is 0. The summed E-state index contributed by atoms with van der Waals surface area (Å²) in [5, 5.41) is 0. The molecule has 0 unspecified atom stereocenters. The zero-order valence-corrected chi connectivity index (χ0v) is 9.65. The van der Waals surface area contributed by atoms with Crippen LogP contribution in [-0.2, 0) is 9.47 Å². The molecular formula is C13H22O2. The second-order valence-corrected chi connectivity index (χ2v) is 4.60. The molecule has 2 heteroatoms. The molecule has 0 N–H and O–H groups in total. The molecule has 0 radical (unpaired) electrons. The SMILES string of the molecule is CCCCCCO[C@H]1C[C@@H]2C=CC[C@@H]2O1. The maximum absolute atomic E-state index is 5.81. The molecule has 0 bridgehead atoms. The summed E-state index contributed by atoms with van der Waals surface area (Å²) in [6, 6.07) is 0. The van der Waals surface area contributed by atoms with Crippen LogP contribution in [0, 0.1) is 5.92 Å². The predicted octanol–water partition coefficient (Wildman–Crippen LogP) is 3.27. The molecule has 0 amide bonds. The highest BCUT2D eigenvalue weighted by Crippen LogP contribution is 2.34. The van der Waals surface area contributed by atoms with Crippen molar-refractivity contribution in [2.75, 3.05) is 6.61 Å². The van der Waals surface area contributed by atoms with Gasteiger partial charge in [-0.15, -0.1) is 0 Å². The molecule has 1 saturated heterocycles. The van der Waals surface area contributed by atoms with Gasteiger partial charge in [-0.05, 0) is 12.8 Å². The van der Waals surface area contributed by atoms with E-state index >= 15 is 0 Å². The number of unbranched alkanes of at least 4 members (excludes halogenated alkanes) is 3. The molecule has 2 aliphatic rings. The first-order valence-electron chi connectivity index (χ1n) is 6.34. The third-order valence-electron chi connectivity index (χ3n) is 3.32. The molecule has 1 aliphatic carbocycles. The van der Waals surface area contributed by atoms with Crippen LogP contribution in [0.1, 0.15) is 45.4 Å². The summed E-state index contributed by atoms with van der Waals surface area (Å²) in [4.78, 5) is 0. The van der Waals surface area contributed by atoms with E-state index in [0.717, 1.165) is 19.4 Å². The van der Waals surface area contributed by atoms with Gasteiger partial charge in [-0.2, -0.15) is 0 Å². The van der Waals surface area contributed by atoms with E-state index in [4.69, 9.17) is 9.47 Å². The summed E-state index contributed by atoms with van der Waals surface area (Å²) in [6.07, 6.45) is 12.2. The van der Waals surface area contributed by atoms with E-state index in [0.29, 0.717) is 12.0 Å². The zero-order valence-electron chi connectivity index (χ0n) is 9.65. The van der Waals surface area contributed by atoms with Crippen LogP contribution >= 0.6 is 0 Å². The first kappa shape index (κ1) is 11.2. The largest absolute Gasteiger partial charge is 0.353 e. The van der Waals surface area contributed by atoms with Crippen molar-refractivity contribution in [3.63, 3.8) is 0 Å². The molecule has 1 aliphatic heterocycles. The molecule has 0 aromatic heterocycles. The molecule has 0 saturated carbocycles. The van der Waals surface area contributed by atoms with Crippen molar-refractivity contribution in [2.24, 2.45) is 5.92 Å². The Kier molecular flexibility index (Phi) is 4.21. The summed E-state index contributed by atoms with van der Waals surface area (Å²) in [6.45, 7) is 3.10. The Morgan fingerprint density at radius 3 is 3.07 bits per heavy atom. The lowest BCUT2D eigenvalue weighted by Gasteiger charge is -2.12. The Hall–Kier alpha value is -0.340. The van der Waals surface area contributed by atoms with Crippen molar-refractivity contribution >= 4 is 0 Å². The summed E-state index contributed by atoms with van der Waals surface area (Å²) < 4.78 is 11.5.